The Morgan fingerprint density at radius 2 is 2.12 bits per heavy atom. The van der Waals surface area contributed by atoms with Crippen molar-refractivity contribution in [1.82, 2.24) is 14.5 Å². The van der Waals surface area contributed by atoms with Gasteiger partial charge in [-0.05, 0) is 50.2 Å². The molecule has 1 aromatic carbocycles. The Labute approximate surface area is 203 Å². The van der Waals surface area contributed by atoms with Crippen LogP contribution in [0.4, 0.5) is 0 Å². The van der Waals surface area contributed by atoms with E-state index in [-0.39, 0.29) is 35.1 Å². The molecule has 3 aliphatic rings. The smallest absolute Gasteiger partial charge is 0.264 e. The lowest BCUT2D eigenvalue weighted by molar-refractivity contribution is 0.170. The van der Waals surface area contributed by atoms with E-state index in [1.807, 2.05) is 13.1 Å². The molecule has 0 saturated heterocycles. The molecule has 5 rings (SSSR count). The van der Waals surface area contributed by atoms with Gasteiger partial charge < -0.3 is 19.3 Å². The standard InChI is InChI=1S/C24H30N4O5S/c1-27-9-8-14-10-18-20(33-13-32-18)21(31-2)19(14)17(27)12-25-11-16-22(29)26-24(34)28(23(16)30)15-6-4-3-5-7-15/h10-11,15,17,30H,3-9,12-13H2,1-2H3,(H,26,29,34). The van der Waals surface area contributed by atoms with Crippen molar-refractivity contribution in [1.29, 1.82) is 0 Å². The van der Waals surface area contributed by atoms with Crippen molar-refractivity contribution < 1.29 is 19.3 Å². The van der Waals surface area contributed by atoms with Crippen LogP contribution in [-0.2, 0) is 6.42 Å². The molecule has 1 saturated carbocycles. The summed E-state index contributed by atoms with van der Waals surface area (Å²) in [6, 6.07) is 2.04. The number of nitrogens with zero attached hydrogens (tertiary/aromatic N) is 3. The Hall–Kier alpha value is -2.85. The fourth-order valence-corrected chi connectivity index (χ4v) is 5.67. The van der Waals surface area contributed by atoms with E-state index in [1.54, 1.807) is 11.7 Å². The molecule has 9 nitrogen and oxygen atoms in total. The van der Waals surface area contributed by atoms with Crippen LogP contribution in [0.25, 0.3) is 0 Å². The fraction of sp³-hybridized carbons (Fsp3) is 0.542. The average molecular weight is 487 g/mol. The van der Waals surface area contributed by atoms with Gasteiger partial charge >= 0.3 is 0 Å². The minimum absolute atomic E-state index is 0.0747. The Morgan fingerprint density at radius 3 is 2.88 bits per heavy atom. The molecule has 34 heavy (non-hydrogen) atoms. The van der Waals surface area contributed by atoms with Crippen molar-refractivity contribution in [3.63, 3.8) is 0 Å². The highest BCUT2D eigenvalue weighted by molar-refractivity contribution is 7.71. The predicted octanol–water partition coefficient (Wildman–Crippen LogP) is 3.50. The SMILES string of the molecule is COc1c2c(cc3c1C(CN=Cc1c(O)n(C4CCCCC4)c(=S)[nH]c1=O)N(C)CC3)OCO2. The first-order valence-corrected chi connectivity index (χ1v) is 12.2. The molecule has 0 amide bonds. The number of ether oxygens (including phenoxy) is 3. The van der Waals surface area contributed by atoms with Crippen molar-refractivity contribution in [2.24, 2.45) is 4.99 Å². The Balaban J connectivity index is 1.46. The first kappa shape index (κ1) is 22.9. The van der Waals surface area contributed by atoms with E-state index in [4.69, 9.17) is 26.4 Å². The van der Waals surface area contributed by atoms with Crippen LogP contribution < -0.4 is 19.8 Å². The van der Waals surface area contributed by atoms with Gasteiger partial charge in [0.05, 0.1) is 19.7 Å². The van der Waals surface area contributed by atoms with E-state index in [1.165, 1.54) is 12.6 Å². The van der Waals surface area contributed by atoms with Crippen LogP contribution in [-0.4, -0.2) is 59.8 Å². The summed E-state index contributed by atoms with van der Waals surface area (Å²) in [5.74, 6) is 1.88. The van der Waals surface area contributed by atoms with Crippen LogP contribution in [0, 0.1) is 4.77 Å². The normalized spacial score (nSPS) is 20.6. The molecule has 1 aliphatic carbocycles. The summed E-state index contributed by atoms with van der Waals surface area (Å²) in [4.78, 5) is 22.1. The lowest BCUT2D eigenvalue weighted by atomic mass is 9.91. The van der Waals surface area contributed by atoms with Crippen molar-refractivity contribution in [2.45, 2.75) is 50.6 Å². The van der Waals surface area contributed by atoms with E-state index in [0.717, 1.165) is 49.8 Å². The number of aromatic nitrogens is 2. The molecule has 2 aromatic rings. The third-order valence-corrected chi connectivity index (χ3v) is 7.44. The Kier molecular flexibility index (Phi) is 6.35. The monoisotopic (exact) mass is 486 g/mol. The van der Waals surface area contributed by atoms with Gasteiger partial charge in [-0.2, -0.15) is 0 Å². The van der Waals surface area contributed by atoms with Gasteiger partial charge in [0.1, 0.15) is 5.56 Å². The van der Waals surface area contributed by atoms with Crippen molar-refractivity contribution >= 4 is 18.4 Å². The first-order chi connectivity index (χ1) is 16.5. The van der Waals surface area contributed by atoms with Crippen molar-refractivity contribution in [3.8, 4) is 23.1 Å². The number of benzene rings is 1. The molecular formula is C24H30N4O5S. The highest BCUT2D eigenvalue weighted by Crippen LogP contribution is 2.49. The molecule has 10 heteroatoms. The average Bonchev–Trinajstić information content (AvgIpc) is 3.30. The van der Waals surface area contributed by atoms with Crippen LogP contribution in [0.3, 0.4) is 0 Å². The summed E-state index contributed by atoms with van der Waals surface area (Å²) in [7, 11) is 3.67. The number of rotatable bonds is 5. The number of aliphatic imine (C=N–C) groups is 1. The van der Waals surface area contributed by atoms with Crippen LogP contribution in [0.1, 0.15) is 60.9 Å². The van der Waals surface area contributed by atoms with Crippen LogP contribution in [0.5, 0.6) is 23.1 Å². The van der Waals surface area contributed by atoms with Gasteiger partial charge in [0, 0.05) is 24.4 Å². The molecule has 0 radical (unpaired) electrons. The molecule has 0 bridgehead atoms. The molecule has 182 valence electrons. The maximum absolute atomic E-state index is 12.6. The fourth-order valence-electron chi connectivity index (χ4n) is 5.35. The molecule has 0 spiro atoms. The molecule has 3 heterocycles. The van der Waals surface area contributed by atoms with Crippen molar-refractivity contribution in [2.75, 3.05) is 34.0 Å². The van der Waals surface area contributed by atoms with Gasteiger partial charge in [0.2, 0.25) is 18.4 Å². The summed E-state index contributed by atoms with van der Waals surface area (Å²) in [6.07, 6.45) is 7.55. The summed E-state index contributed by atoms with van der Waals surface area (Å²) in [5, 5.41) is 11.0. The van der Waals surface area contributed by atoms with E-state index in [2.05, 4.69) is 14.9 Å². The maximum Gasteiger partial charge on any atom is 0.264 e. The van der Waals surface area contributed by atoms with Crippen LogP contribution >= 0.6 is 12.2 Å². The molecule has 2 aliphatic heterocycles. The van der Waals surface area contributed by atoms with E-state index >= 15 is 0 Å². The van der Waals surface area contributed by atoms with Gasteiger partial charge in [-0.3, -0.25) is 24.2 Å². The quantitative estimate of drug-likeness (QED) is 0.493. The van der Waals surface area contributed by atoms with Gasteiger partial charge in [0.15, 0.2) is 16.3 Å². The predicted molar refractivity (Wildman–Crippen MR) is 130 cm³/mol. The van der Waals surface area contributed by atoms with E-state index < -0.39 is 5.56 Å². The zero-order valence-electron chi connectivity index (χ0n) is 19.5. The third-order valence-electron chi connectivity index (χ3n) is 7.14. The van der Waals surface area contributed by atoms with Gasteiger partial charge in [-0.15, -0.1) is 0 Å². The molecule has 1 fully saturated rings. The minimum Gasteiger partial charge on any atom is -0.494 e. The minimum atomic E-state index is -0.434. The van der Waals surface area contributed by atoms with Gasteiger partial charge in [-0.25, -0.2) is 0 Å². The number of H-pyrrole nitrogens is 1. The lowest BCUT2D eigenvalue weighted by Crippen LogP contribution is -2.34. The topological polar surface area (TPSA) is 101 Å². The second-order valence-electron chi connectivity index (χ2n) is 9.12. The zero-order valence-corrected chi connectivity index (χ0v) is 20.3. The summed E-state index contributed by atoms with van der Waals surface area (Å²) >= 11 is 5.37. The first-order valence-electron chi connectivity index (χ1n) is 11.8. The molecule has 1 unspecified atom stereocenters. The highest BCUT2D eigenvalue weighted by Gasteiger charge is 2.33. The molecular weight excluding hydrogens is 456 g/mol. The number of nitrogens with one attached hydrogen (secondary N) is 1. The second kappa shape index (κ2) is 9.42. The lowest BCUT2D eigenvalue weighted by Gasteiger charge is -2.35. The zero-order chi connectivity index (χ0) is 23.8. The van der Waals surface area contributed by atoms with E-state index in [0.29, 0.717) is 23.8 Å². The number of aromatic amines is 1. The number of methoxy groups -OCH3 is 1. The summed E-state index contributed by atoms with van der Waals surface area (Å²) in [6.45, 7) is 1.42. The van der Waals surface area contributed by atoms with Crippen molar-refractivity contribution in [3.05, 3.63) is 37.9 Å². The third kappa shape index (κ3) is 3.98. The van der Waals surface area contributed by atoms with Gasteiger partial charge in [-0.1, -0.05) is 19.3 Å². The largest absolute Gasteiger partial charge is 0.494 e. The Morgan fingerprint density at radius 1 is 1.32 bits per heavy atom. The maximum atomic E-state index is 12.6. The highest BCUT2D eigenvalue weighted by atomic mass is 32.1. The number of fused-ring (bicyclic) bond motifs is 2. The van der Waals surface area contributed by atoms with E-state index in [9.17, 15) is 9.90 Å². The van der Waals surface area contributed by atoms with Crippen LogP contribution in [0.2, 0.25) is 0 Å². The number of likely N-dealkylation sites (N-methyl/N-ethyl adjacent to an activating group) is 1. The second-order valence-corrected chi connectivity index (χ2v) is 9.50. The molecule has 2 N–H and O–H groups in total. The van der Waals surface area contributed by atoms with Crippen LogP contribution in [0.15, 0.2) is 15.9 Å². The van der Waals surface area contributed by atoms with Gasteiger partial charge in [0.25, 0.3) is 5.56 Å². The summed E-state index contributed by atoms with van der Waals surface area (Å²) < 4.78 is 18.9. The summed E-state index contributed by atoms with van der Waals surface area (Å²) in [5.41, 5.74) is 1.87. The number of aromatic hydroxyl groups is 1. The number of hydrogen-bond donors (Lipinski definition) is 2. The molecule has 1 atom stereocenters. The number of hydrogen-bond acceptors (Lipinski definition) is 8. The Bertz CT molecular complexity index is 1230. The molecule has 1 aromatic heterocycles.